The lowest BCUT2D eigenvalue weighted by Crippen LogP contribution is -2.31. The molecule has 4 heteroatoms. The summed E-state index contributed by atoms with van der Waals surface area (Å²) in [7, 11) is 0. The number of rotatable bonds is 2. The van der Waals surface area contributed by atoms with Gasteiger partial charge in [-0.3, -0.25) is 4.79 Å². The molecule has 0 radical (unpaired) electrons. The summed E-state index contributed by atoms with van der Waals surface area (Å²) in [5, 5.41) is 4.51. The van der Waals surface area contributed by atoms with Gasteiger partial charge in [0.25, 0.3) is 0 Å². The van der Waals surface area contributed by atoms with Gasteiger partial charge in [-0.05, 0) is 48.2 Å². The average molecular weight is 372 g/mol. The SMILES string of the molecule is CC1=C[C@H]2C(=O)NC[C@H]2[C@@H](c2ccc(Cl)cc2)[C@H]1c1ccc(Cl)cc1. The van der Waals surface area contributed by atoms with Gasteiger partial charge in [0.1, 0.15) is 0 Å². The highest BCUT2D eigenvalue weighted by Gasteiger charge is 2.46. The van der Waals surface area contributed by atoms with E-state index in [2.05, 4.69) is 42.6 Å². The van der Waals surface area contributed by atoms with E-state index in [9.17, 15) is 4.79 Å². The first-order valence-electron chi connectivity index (χ1n) is 8.51. The lowest BCUT2D eigenvalue weighted by Gasteiger charge is -2.38. The van der Waals surface area contributed by atoms with Crippen LogP contribution in [-0.2, 0) is 4.79 Å². The molecular weight excluding hydrogens is 353 g/mol. The van der Waals surface area contributed by atoms with Crippen molar-refractivity contribution in [2.75, 3.05) is 6.54 Å². The summed E-state index contributed by atoms with van der Waals surface area (Å²) in [6, 6.07) is 16.1. The molecule has 1 aliphatic carbocycles. The maximum atomic E-state index is 12.3. The summed E-state index contributed by atoms with van der Waals surface area (Å²) in [6.45, 7) is 2.84. The lowest BCUT2D eigenvalue weighted by atomic mass is 9.64. The van der Waals surface area contributed by atoms with Crippen molar-refractivity contribution >= 4 is 29.1 Å². The zero-order valence-electron chi connectivity index (χ0n) is 13.9. The van der Waals surface area contributed by atoms with E-state index >= 15 is 0 Å². The Kier molecular flexibility index (Phi) is 4.35. The number of nitrogens with one attached hydrogen (secondary N) is 1. The van der Waals surface area contributed by atoms with Crippen LogP contribution in [0.4, 0.5) is 0 Å². The Bertz CT molecular complexity index is 826. The van der Waals surface area contributed by atoms with Gasteiger partial charge in [-0.25, -0.2) is 0 Å². The monoisotopic (exact) mass is 371 g/mol. The van der Waals surface area contributed by atoms with Crippen LogP contribution < -0.4 is 5.32 Å². The number of carbonyl (C=O) groups excluding carboxylic acids is 1. The number of amides is 1. The molecule has 1 N–H and O–H groups in total. The van der Waals surface area contributed by atoms with E-state index in [0.29, 0.717) is 6.54 Å². The quantitative estimate of drug-likeness (QED) is 0.723. The molecule has 0 spiro atoms. The Morgan fingerprint density at radius 3 is 2.08 bits per heavy atom. The van der Waals surface area contributed by atoms with Crippen LogP contribution in [0.5, 0.6) is 0 Å². The molecule has 0 aromatic heterocycles. The van der Waals surface area contributed by atoms with Gasteiger partial charge in [0.05, 0.1) is 5.92 Å². The minimum absolute atomic E-state index is 0.0516. The van der Waals surface area contributed by atoms with Crippen molar-refractivity contribution < 1.29 is 4.79 Å². The molecular formula is C21H19Cl2NO. The van der Waals surface area contributed by atoms with Gasteiger partial charge in [0, 0.05) is 28.4 Å². The second-order valence-corrected chi connectivity index (χ2v) is 7.82. The summed E-state index contributed by atoms with van der Waals surface area (Å²) in [4.78, 5) is 12.3. The van der Waals surface area contributed by atoms with E-state index in [1.807, 2.05) is 24.3 Å². The van der Waals surface area contributed by atoms with Crippen molar-refractivity contribution in [3.8, 4) is 0 Å². The second-order valence-electron chi connectivity index (χ2n) is 6.95. The molecule has 1 fully saturated rings. The number of benzene rings is 2. The first-order chi connectivity index (χ1) is 12.0. The minimum Gasteiger partial charge on any atom is -0.355 e. The Labute approximate surface area is 157 Å². The van der Waals surface area contributed by atoms with E-state index < -0.39 is 0 Å². The Balaban J connectivity index is 1.84. The molecule has 128 valence electrons. The topological polar surface area (TPSA) is 29.1 Å². The molecule has 1 aliphatic heterocycles. The van der Waals surface area contributed by atoms with Crippen molar-refractivity contribution in [1.29, 1.82) is 0 Å². The molecule has 2 aliphatic rings. The van der Waals surface area contributed by atoms with Crippen LogP contribution in [0.25, 0.3) is 0 Å². The molecule has 0 saturated carbocycles. The van der Waals surface area contributed by atoms with Crippen LogP contribution >= 0.6 is 23.2 Å². The lowest BCUT2D eigenvalue weighted by molar-refractivity contribution is -0.121. The van der Waals surface area contributed by atoms with E-state index in [1.165, 1.54) is 16.7 Å². The maximum Gasteiger partial charge on any atom is 0.227 e. The van der Waals surface area contributed by atoms with Crippen molar-refractivity contribution in [3.05, 3.63) is 81.4 Å². The first kappa shape index (κ1) is 16.7. The number of carbonyl (C=O) groups is 1. The second kappa shape index (κ2) is 6.51. The first-order valence-corrected chi connectivity index (χ1v) is 9.27. The van der Waals surface area contributed by atoms with E-state index in [0.717, 1.165) is 10.0 Å². The Morgan fingerprint density at radius 2 is 1.48 bits per heavy atom. The van der Waals surface area contributed by atoms with Crippen LogP contribution in [-0.4, -0.2) is 12.5 Å². The van der Waals surface area contributed by atoms with Crippen LogP contribution in [0.1, 0.15) is 29.9 Å². The predicted octanol–water partition coefficient (Wildman–Crippen LogP) is 5.18. The van der Waals surface area contributed by atoms with E-state index in [-0.39, 0.29) is 29.6 Å². The Morgan fingerprint density at radius 1 is 0.920 bits per heavy atom. The van der Waals surface area contributed by atoms with Gasteiger partial charge in [-0.1, -0.05) is 59.1 Å². The third-order valence-electron chi connectivity index (χ3n) is 5.51. The Hall–Kier alpha value is -1.77. The van der Waals surface area contributed by atoms with Crippen LogP contribution in [0.3, 0.4) is 0 Å². The fraction of sp³-hybridized carbons (Fsp3) is 0.286. The smallest absolute Gasteiger partial charge is 0.227 e. The van der Waals surface area contributed by atoms with Gasteiger partial charge in [0.2, 0.25) is 5.91 Å². The molecule has 4 rings (SSSR count). The zero-order chi connectivity index (χ0) is 17.6. The maximum absolute atomic E-state index is 12.3. The van der Waals surface area contributed by atoms with Crippen molar-refractivity contribution in [1.82, 2.24) is 5.32 Å². The standard InChI is InChI=1S/C21H19Cl2NO/c1-12-10-17-18(11-24-21(17)25)20(14-4-8-16(23)9-5-14)19(12)13-2-6-15(22)7-3-13/h2-10,17-20H,11H2,1H3,(H,24,25)/t17-,18-,19-,20-/m1/s1. The van der Waals surface area contributed by atoms with Gasteiger partial charge in [-0.15, -0.1) is 0 Å². The van der Waals surface area contributed by atoms with E-state index in [1.54, 1.807) is 0 Å². The van der Waals surface area contributed by atoms with Gasteiger partial charge >= 0.3 is 0 Å². The number of halogens is 2. The fourth-order valence-electron chi connectivity index (χ4n) is 4.39. The number of allylic oxidation sites excluding steroid dienone is 1. The molecule has 4 atom stereocenters. The third kappa shape index (κ3) is 2.98. The van der Waals surface area contributed by atoms with Crippen LogP contribution in [0, 0.1) is 11.8 Å². The number of hydrogen-bond donors (Lipinski definition) is 1. The predicted molar refractivity (Wildman–Crippen MR) is 102 cm³/mol. The molecule has 0 bridgehead atoms. The highest BCUT2D eigenvalue weighted by molar-refractivity contribution is 6.30. The summed E-state index contributed by atoms with van der Waals surface area (Å²) in [5.41, 5.74) is 3.69. The summed E-state index contributed by atoms with van der Waals surface area (Å²) < 4.78 is 0. The molecule has 25 heavy (non-hydrogen) atoms. The van der Waals surface area contributed by atoms with Crippen LogP contribution in [0.2, 0.25) is 10.0 Å². The summed E-state index contributed by atoms with van der Waals surface area (Å²) >= 11 is 12.2. The minimum atomic E-state index is -0.0516. The fourth-order valence-corrected chi connectivity index (χ4v) is 4.64. The van der Waals surface area contributed by atoms with Crippen molar-refractivity contribution in [3.63, 3.8) is 0 Å². The number of fused-ring (bicyclic) bond motifs is 1. The highest BCUT2D eigenvalue weighted by Crippen LogP contribution is 2.51. The largest absolute Gasteiger partial charge is 0.355 e. The molecule has 1 saturated heterocycles. The molecule has 2 aromatic rings. The zero-order valence-corrected chi connectivity index (χ0v) is 15.4. The average Bonchev–Trinajstić information content (AvgIpc) is 2.96. The van der Waals surface area contributed by atoms with E-state index in [4.69, 9.17) is 23.2 Å². The highest BCUT2D eigenvalue weighted by atomic mass is 35.5. The molecule has 0 unspecified atom stereocenters. The van der Waals surface area contributed by atoms with Gasteiger partial charge < -0.3 is 5.32 Å². The molecule has 1 amide bonds. The molecule has 2 aromatic carbocycles. The van der Waals surface area contributed by atoms with Gasteiger partial charge in [0.15, 0.2) is 0 Å². The number of hydrogen-bond acceptors (Lipinski definition) is 1. The van der Waals surface area contributed by atoms with Crippen LogP contribution in [0.15, 0.2) is 60.2 Å². The normalized spacial score (nSPS) is 28.3. The molecule has 1 heterocycles. The molecule has 2 nitrogen and oxygen atoms in total. The van der Waals surface area contributed by atoms with Crippen molar-refractivity contribution in [2.45, 2.75) is 18.8 Å². The summed E-state index contributed by atoms with van der Waals surface area (Å²) in [6.07, 6.45) is 2.15. The van der Waals surface area contributed by atoms with Crippen molar-refractivity contribution in [2.24, 2.45) is 11.8 Å². The van der Waals surface area contributed by atoms with Gasteiger partial charge in [-0.2, -0.15) is 0 Å². The summed E-state index contributed by atoms with van der Waals surface area (Å²) in [5.74, 6) is 0.792. The third-order valence-corrected chi connectivity index (χ3v) is 6.02.